The number of nitrogens with one attached hydrogen (secondary N) is 1. The van der Waals surface area contributed by atoms with Gasteiger partial charge in [-0.1, -0.05) is 78.9 Å². The number of benzene rings is 4. The number of rotatable bonds is 7. The van der Waals surface area contributed by atoms with Crippen LogP contribution in [-0.2, 0) is 11.3 Å². The van der Waals surface area contributed by atoms with Gasteiger partial charge in [0.2, 0.25) is 6.79 Å². The molecule has 0 saturated carbocycles. The summed E-state index contributed by atoms with van der Waals surface area (Å²) in [5, 5.41) is 3.09. The van der Waals surface area contributed by atoms with Gasteiger partial charge in [-0.05, 0) is 35.4 Å². The predicted molar refractivity (Wildman–Crippen MR) is 129 cm³/mol. The van der Waals surface area contributed by atoms with E-state index in [2.05, 4.69) is 22.3 Å². The highest BCUT2D eigenvalue weighted by Crippen LogP contribution is 2.35. The largest absolute Gasteiger partial charge is 0.454 e. The molecule has 1 amide bonds. The van der Waals surface area contributed by atoms with Crippen molar-refractivity contribution in [2.75, 3.05) is 17.0 Å². The third kappa shape index (κ3) is 4.67. The van der Waals surface area contributed by atoms with Gasteiger partial charge in [-0.2, -0.15) is 0 Å². The molecular formula is C28H24N2O3. The molecule has 1 atom stereocenters. The molecule has 0 fully saturated rings. The first-order valence-electron chi connectivity index (χ1n) is 10.9. The predicted octanol–water partition coefficient (Wildman–Crippen LogP) is 5.80. The van der Waals surface area contributed by atoms with Crippen LogP contribution in [0.15, 0.2) is 109 Å². The molecule has 5 nitrogen and oxygen atoms in total. The number of hydrogen-bond donors (Lipinski definition) is 1. The number of hydrogen-bond acceptors (Lipinski definition) is 4. The maximum absolute atomic E-state index is 13.8. The Balaban J connectivity index is 1.52. The van der Waals surface area contributed by atoms with Crippen molar-refractivity contribution in [2.24, 2.45) is 0 Å². The zero-order chi connectivity index (χ0) is 22.5. The second kappa shape index (κ2) is 9.49. The summed E-state index contributed by atoms with van der Waals surface area (Å²) < 4.78 is 10.9. The molecule has 0 aliphatic carbocycles. The molecule has 1 aliphatic heterocycles. The highest BCUT2D eigenvalue weighted by atomic mass is 16.7. The van der Waals surface area contributed by atoms with Crippen LogP contribution in [0.25, 0.3) is 0 Å². The Hall–Kier alpha value is -4.25. The number of ether oxygens (including phenoxy) is 2. The average Bonchev–Trinajstić information content (AvgIpc) is 3.33. The van der Waals surface area contributed by atoms with E-state index in [1.54, 1.807) is 6.07 Å². The fraction of sp³-hybridized carbons (Fsp3) is 0.107. The Labute approximate surface area is 193 Å². The molecule has 164 valence electrons. The summed E-state index contributed by atoms with van der Waals surface area (Å²) in [6, 6.07) is 35.0. The van der Waals surface area contributed by atoms with Crippen LogP contribution in [0.5, 0.6) is 11.5 Å². The van der Waals surface area contributed by atoms with Gasteiger partial charge in [0, 0.05) is 24.0 Å². The van der Waals surface area contributed by atoms with Gasteiger partial charge in [-0.15, -0.1) is 0 Å². The van der Waals surface area contributed by atoms with Crippen molar-refractivity contribution in [2.45, 2.75) is 12.6 Å². The van der Waals surface area contributed by atoms with Crippen LogP contribution in [0.3, 0.4) is 0 Å². The van der Waals surface area contributed by atoms with Crippen LogP contribution >= 0.6 is 0 Å². The van der Waals surface area contributed by atoms with E-state index in [1.165, 1.54) is 0 Å². The summed E-state index contributed by atoms with van der Waals surface area (Å²) >= 11 is 0. The van der Waals surface area contributed by atoms with E-state index in [9.17, 15) is 4.79 Å². The zero-order valence-electron chi connectivity index (χ0n) is 18.1. The molecule has 0 radical (unpaired) electrons. The first-order chi connectivity index (χ1) is 16.3. The van der Waals surface area contributed by atoms with E-state index in [0.717, 1.165) is 16.8 Å². The van der Waals surface area contributed by atoms with Crippen molar-refractivity contribution in [1.82, 2.24) is 0 Å². The minimum atomic E-state index is -0.542. The lowest BCUT2D eigenvalue weighted by molar-refractivity contribution is -0.117. The highest BCUT2D eigenvalue weighted by molar-refractivity contribution is 5.98. The summed E-state index contributed by atoms with van der Waals surface area (Å²) in [4.78, 5) is 15.9. The summed E-state index contributed by atoms with van der Waals surface area (Å²) in [6.07, 6.45) is 0. The topological polar surface area (TPSA) is 50.8 Å². The zero-order valence-corrected chi connectivity index (χ0v) is 18.1. The summed E-state index contributed by atoms with van der Waals surface area (Å²) in [6.45, 7) is 0.775. The second-order valence-corrected chi connectivity index (χ2v) is 7.82. The number of para-hydroxylation sites is 1. The maximum Gasteiger partial charge on any atom is 0.251 e. The molecule has 4 aromatic rings. The molecule has 0 aromatic heterocycles. The third-order valence-corrected chi connectivity index (χ3v) is 5.60. The van der Waals surface area contributed by atoms with Gasteiger partial charge in [0.05, 0.1) is 0 Å². The molecule has 1 heterocycles. The molecular weight excluding hydrogens is 412 g/mol. The van der Waals surface area contributed by atoms with Crippen molar-refractivity contribution >= 4 is 17.3 Å². The summed E-state index contributed by atoms with van der Waals surface area (Å²) in [5.41, 5.74) is 3.67. The van der Waals surface area contributed by atoms with Gasteiger partial charge >= 0.3 is 0 Å². The fourth-order valence-electron chi connectivity index (χ4n) is 4.02. The molecule has 1 N–H and O–H groups in total. The van der Waals surface area contributed by atoms with Crippen molar-refractivity contribution in [3.8, 4) is 11.5 Å². The Morgan fingerprint density at radius 3 is 2.15 bits per heavy atom. The lowest BCUT2D eigenvalue weighted by Gasteiger charge is -2.33. The maximum atomic E-state index is 13.8. The standard InChI is InChI=1S/C28H24N2O3/c31-28(29-23-16-17-25-26(18-23)33-20-32-25)27(22-12-6-2-7-13-22)30(24-14-8-3-9-15-24)19-21-10-4-1-5-11-21/h1-18,27H,19-20H2,(H,29,31). The van der Waals surface area contributed by atoms with Gasteiger partial charge in [-0.25, -0.2) is 0 Å². The average molecular weight is 437 g/mol. The van der Waals surface area contributed by atoms with Crippen molar-refractivity contribution < 1.29 is 14.3 Å². The van der Waals surface area contributed by atoms with Crippen LogP contribution in [0, 0.1) is 0 Å². The number of anilines is 2. The van der Waals surface area contributed by atoms with Crippen molar-refractivity contribution in [3.63, 3.8) is 0 Å². The van der Waals surface area contributed by atoms with Crippen LogP contribution in [0.4, 0.5) is 11.4 Å². The SMILES string of the molecule is O=C(Nc1ccc2c(c1)OCO2)C(c1ccccc1)N(Cc1ccccc1)c1ccccc1. The van der Waals surface area contributed by atoms with Gasteiger partial charge < -0.3 is 19.7 Å². The molecule has 5 rings (SSSR count). The van der Waals surface area contributed by atoms with E-state index in [-0.39, 0.29) is 12.7 Å². The molecule has 0 saturated heterocycles. The number of carbonyl (C=O) groups excluding carboxylic acids is 1. The van der Waals surface area contributed by atoms with Gasteiger partial charge in [0.15, 0.2) is 11.5 Å². The van der Waals surface area contributed by atoms with E-state index >= 15 is 0 Å². The van der Waals surface area contributed by atoms with E-state index < -0.39 is 6.04 Å². The van der Waals surface area contributed by atoms with Crippen LogP contribution in [-0.4, -0.2) is 12.7 Å². The Bertz CT molecular complexity index is 1210. The molecule has 4 aromatic carbocycles. The number of carbonyl (C=O) groups is 1. The lowest BCUT2D eigenvalue weighted by Crippen LogP contribution is -2.37. The summed E-state index contributed by atoms with van der Waals surface area (Å²) in [7, 11) is 0. The van der Waals surface area contributed by atoms with E-state index in [4.69, 9.17) is 9.47 Å². The van der Waals surface area contributed by atoms with E-state index in [0.29, 0.717) is 23.7 Å². The molecule has 1 unspecified atom stereocenters. The highest BCUT2D eigenvalue weighted by Gasteiger charge is 2.29. The van der Waals surface area contributed by atoms with Crippen molar-refractivity contribution in [1.29, 1.82) is 0 Å². The monoisotopic (exact) mass is 436 g/mol. The minimum Gasteiger partial charge on any atom is -0.454 e. The smallest absolute Gasteiger partial charge is 0.251 e. The lowest BCUT2D eigenvalue weighted by atomic mass is 10.0. The van der Waals surface area contributed by atoms with Gasteiger partial charge in [0.25, 0.3) is 5.91 Å². The minimum absolute atomic E-state index is 0.125. The first-order valence-corrected chi connectivity index (χ1v) is 10.9. The number of nitrogens with zero attached hydrogens (tertiary/aromatic N) is 1. The summed E-state index contributed by atoms with van der Waals surface area (Å²) in [5.74, 6) is 1.19. The third-order valence-electron chi connectivity index (χ3n) is 5.60. The van der Waals surface area contributed by atoms with Crippen LogP contribution in [0.2, 0.25) is 0 Å². The number of amides is 1. The molecule has 1 aliphatic rings. The molecule has 0 bridgehead atoms. The van der Waals surface area contributed by atoms with Gasteiger partial charge in [-0.3, -0.25) is 4.79 Å². The Morgan fingerprint density at radius 1 is 0.788 bits per heavy atom. The first kappa shape index (κ1) is 20.6. The Morgan fingerprint density at radius 2 is 1.42 bits per heavy atom. The molecule has 0 spiro atoms. The van der Waals surface area contributed by atoms with E-state index in [1.807, 2.05) is 91.0 Å². The fourth-order valence-corrected chi connectivity index (χ4v) is 4.02. The Kier molecular flexibility index (Phi) is 5.93. The van der Waals surface area contributed by atoms with Crippen molar-refractivity contribution in [3.05, 3.63) is 120 Å². The van der Waals surface area contributed by atoms with Crippen LogP contribution in [0.1, 0.15) is 17.2 Å². The molecule has 33 heavy (non-hydrogen) atoms. The molecule has 5 heteroatoms. The quantitative estimate of drug-likeness (QED) is 0.398. The normalized spacial score (nSPS) is 12.7. The van der Waals surface area contributed by atoms with Crippen LogP contribution < -0.4 is 19.7 Å². The number of fused-ring (bicyclic) bond motifs is 1. The second-order valence-electron chi connectivity index (χ2n) is 7.82. The van der Waals surface area contributed by atoms with Gasteiger partial charge in [0.1, 0.15) is 6.04 Å².